The molecular formula is C5H13NO2. The molecule has 0 spiro atoms. The number of nitrogens with two attached hydrogens (primary N) is 1. The van der Waals surface area contributed by atoms with E-state index in [4.69, 9.17) is 15.6 Å². The first kappa shape index (κ1) is 10.4. The van der Waals surface area contributed by atoms with E-state index in [2.05, 4.69) is 6.92 Å². The maximum Gasteiger partial charge on any atom is 0.290 e. The minimum absolute atomic E-state index is 0.250. The minimum atomic E-state index is -0.250. The van der Waals surface area contributed by atoms with Crippen molar-refractivity contribution in [3.8, 4) is 0 Å². The van der Waals surface area contributed by atoms with Crippen LogP contribution >= 0.6 is 0 Å². The van der Waals surface area contributed by atoms with Gasteiger partial charge in [-0.25, -0.2) is 0 Å². The van der Waals surface area contributed by atoms with Crippen molar-refractivity contribution in [1.82, 2.24) is 0 Å². The number of rotatable bonds is 1. The predicted molar refractivity (Wildman–Crippen MR) is 32.6 cm³/mol. The van der Waals surface area contributed by atoms with Crippen LogP contribution in [0.3, 0.4) is 0 Å². The molecule has 0 bridgehead atoms. The van der Waals surface area contributed by atoms with E-state index in [1.807, 2.05) is 6.92 Å². The Labute approximate surface area is 49.5 Å². The molecule has 0 saturated heterocycles. The molecule has 8 heavy (non-hydrogen) atoms. The molecule has 0 saturated carbocycles. The van der Waals surface area contributed by atoms with E-state index in [9.17, 15) is 0 Å². The molecule has 3 heteroatoms. The van der Waals surface area contributed by atoms with Crippen molar-refractivity contribution in [3.05, 3.63) is 0 Å². The van der Waals surface area contributed by atoms with Crippen LogP contribution in [0.1, 0.15) is 20.3 Å². The number of hydrogen-bond donors (Lipinski definition) is 2. The van der Waals surface area contributed by atoms with Gasteiger partial charge < -0.3 is 10.8 Å². The van der Waals surface area contributed by atoms with E-state index >= 15 is 0 Å². The van der Waals surface area contributed by atoms with Gasteiger partial charge in [0.05, 0.1) is 0 Å². The van der Waals surface area contributed by atoms with Crippen LogP contribution in [0.5, 0.6) is 0 Å². The zero-order chi connectivity index (χ0) is 6.99. The summed E-state index contributed by atoms with van der Waals surface area (Å²) >= 11 is 0. The third-order valence-electron chi connectivity index (χ3n) is 0.644. The first-order valence-corrected chi connectivity index (χ1v) is 2.52. The van der Waals surface area contributed by atoms with Crippen molar-refractivity contribution in [2.24, 2.45) is 5.73 Å². The Balaban J connectivity index is 0. The van der Waals surface area contributed by atoms with Crippen LogP contribution in [-0.2, 0) is 4.79 Å². The van der Waals surface area contributed by atoms with Crippen molar-refractivity contribution < 1.29 is 9.90 Å². The quantitative estimate of drug-likeness (QED) is 0.492. The summed E-state index contributed by atoms with van der Waals surface area (Å²) in [5.41, 5.74) is 5.29. The van der Waals surface area contributed by atoms with Gasteiger partial charge in [-0.15, -0.1) is 0 Å². The third kappa shape index (κ3) is 52.1. The second-order valence-electron chi connectivity index (χ2n) is 1.49. The molecule has 0 radical (unpaired) electrons. The molecule has 0 fully saturated rings. The second kappa shape index (κ2) is 9.66. The Bertz CT molecular complexity index is 45.7. The highest BCUT2D eigenvalue weighted by Gasteiger charge is 1.79. The van der Waals surface area contributed by atoms with Gasteiger partial charge in [0, 0.05) is 6.04 Å². The molecule has 50 valence electrons. The van der Waals surface area contributed by atoms with Crippen LogP contribution in [-0.4, -0.2) is 17.6 Å². The summed E-state index contributed by atoms with van der Waals surface area (Å²) in [5.74, 6) is 0. The minimum Gasteiger partial charge on any atom is -0.483 e. The lowest BCUT2D eigenvalue weighted by Crippen LogP contribution is -2.11. The average Bonchev–Trinajstić information content (AvgIpc) is 1.69. The maximum atomic E-state index is 8.36. The van der Waals surface area contributed by atoms with Gasteiger partial charge in [0.15, 0.2) is 0 Å². The fraction of sp³-hybridized carbons (Fsp3) is 0.800. The highest BCUT2D eigenvalue weighted by Crippen LogP contribution is 1.77. The lowest BCUT2D eigenvalue weighted by molar-refractivity contribution is -0.122. The van der Waals surface area contributed by atoms with E-state index in [1.54, 1.807) is 0 Å². The van der Waals surface area contributed by atoms with Crippen LogP contribution < -0.4 is 5.73 Å². The van der Waals surface area contributed by atoms with Gasteiger partial charge in [-0.3, -0.25) is 4.79 Å². The summed E-state index contributed by atoms with van der Waals surface area (Å²) in [6.45, 7) is 3.82. The maximum absolute atomic E-state index is 8.36. The Kier molecular flexibility index (Phi) is 12.6. The second-order valence-corrected chi connectivity index (χ2v) is 1.49. The van der Waals surface area contributed by atoms with Gasteiger partial charge in [0.2, 0.25) is 0 Å². The van der Waals surface area contributed by atoms with E-state index in [-0.39, 0.29) is 6.47 Å². The summed E-state index contributed by atoms with van der Waals surface area (Å²) in [6, 6.07) is 0.384. The van der Waals surface area contributed by atoms with Gasteiger partial charge in [0.1, 0.15) is 0 Å². The van der Waals surface area contributed by atoms with Crippen molar-refractivity contribution in [2.75, 3.05) is 0 Å². The summed E-state index contributed by atoms with van der Waals surface area (Å²) in [4.78, 5) is 8.36. The van der Waals surface area contributed by atoms with Gasteiger partial charge in [-0.1, -0.05) is 6.92 Å². The predicted octanol–water partition coefficient (Wildman–Crippen LogP) is 0.444. The molecular weight excluding hydrogens is 106 g/mol. The molecule has 0 rings (SSSR count). The molecule has 0 aromatic carbocycles. The fourth-order valence-electron chi connectivity index (χ4n) is 0. The van der Waals surface area contributed by atoms with Gasteiger partial charge in [-0.05, 0) is 13.3 Å². The van der Waals surface area contributed by atoms with Gasteiger partial charge in [0.25, 0.3) is 6.47 Å². The van der Waals surface area contributed by atoms with Crippen molar-refractivity contribution >= 4 is 6.47 Å². The molecule has 0 aliphatic heterocycles. The highest BCUT2D eigenvalue weighted by atomic mass is 16.3. The van der Waals surface area contributed by atoms with Crippen molar-refractivity contribution in [3.63, 3.8) is 0 Å². The molecule has 3 N–H and O–H groups in total. The Morgan fingerprint density at radius 1 is 1.88 bits per heavy atom. The lowest BCUT2D eigenvalue weighted by atomic mass is 10.3. The molecule has 0 aliphatic carbocycles. The molecule has 1 atom stereocenters. The largest absolute Gasteiger partial charge is 0.483 e. The number of hydrogen-bond acceptors (Lipinski definition) is 2. The van der Waals surface area contributed by atoms with Crippen LogP contribution in [0.4, 0.5) is 0 Å². The topological polar surface area (TPSA) is 63.3 Å². The Morgan fingerprint density at radius 3 is 2.00 bits per heavy atom. The van der Waals surface area contributed by atoms with Crippen LogP contribution in [0, 0.1) is 0 Å². The van der Waals surface area contributed by atoms with Crippen molar-refractivity contribution in [1.29, 1.82) is 0 Å². The van der Waals surface area contributed by atoms with Crippen LogP contribution in [0.15, 0.2) is 0 Å². The number of carbonyl (C=O) groups is 1. The normalized spacial score (nSPS) is 10.9. The lowest BCUT2D eigenvalue weighted by Gasteiger charge is -1.91. The molecule has 0 aliphatic rings. The van der Waals surface area contributed by atoms with Gasteiger partial charge >= 0.3 is 0 Å². The Morgan fingerprint density at radius 2 is 2.00 bits per heavy atom. The van der Waals surface area contributed by atoms with E-state index in [0.717, 1.165) is 6.42 Å². The average molecular weight is 119 g/mol. The molecule has 1 unspecified atom stereocenters. The third-order valence-corrected chi connectivity index (χ3v) is 0.644. The zero-order valence-electron chi connectivity index (χ0n) is 5.29. The smallest absolute Gasteiger partial charge is 0.290 e. The molecule has 3 nitrogen and oxygen atoms in total. The summed E-state index contributed by atoms with van der Waals surface area (Å²) < 4.78 is 0. The molecule has 0 aromatic rings. The highest BCUT2D eigenvalue weighted by molar-refractivity contribution is 5.32. The van der Waals surface area contributed by atoms with E-state index in [1.165, 1.54) is 0 Å². The fourth-order valence-corrected chi connectivity index (χ4v) is 0. The summed E-state index contributed by atoms with van der Waals surface area (Å²) in [6.07, 6.45) is 1.08. The first-order chi connectivity index (χ1) is 3.68. The SMILES string of the molecule is CCC(C)N.O=CO. The van der Waals surface area contributed by atoms with Crippen molar-refractivity contribution in [2.45, 2.75) is 26.3 Å². The molecule has 0 amide bonds. The molecule has 0 aromatic heterocycles. The van der Waals surface area contributed by atoms with E-state index < -0.39 is 0 Å². The first-order valence-electron chi connectivity index (χ1n) is 2.52. The van der Waals surface area contributed by atoms with Gasteiger partial charge in [-0.2, -0.15) is 0 Å². The monoisotopic (exact) mass is 119 g/mol. The summed E-state index contributed by atoms with van der Waals surface area (Å²) in [7, 11) is 0. The van der Waals surface area contributed by atoms with Crippen LogP contribution in [0.2, 0.25) is 0 Å². The summed E-state index contributed by atoms with van der Waals surface area (Å²) in [5, 5.41) is 6.89. The Hall–Kier alpha value is -0.570. The molecule has 0 heterocycles. The standard InChI is InChI=1S/C4H11N.CH2O2/c1-3-4(2)5;2-1-3/h4H,3,5H2,1-2H3;1H,(H,2,3). The zero-order valence-corrected chi connectivity index (χ0v) is 5.29. The van der Waals surface area contributed by atoms with Crippen LogP contribution in [0.25, 0.3) is 0 Å². The number of carboxylic acid groups (broad SMARTS) is 1. The van der Waals surface area contributed by atoms with E-state index in [0.29, 0.717) is 6.04 Å².